The van der Waals surface area contributed by atoms with Crippen molar-refractivity contribution in [3.63, 3.8) is 0 Å². The Morgan fingerprint density at radius 2 is 1.25 bits per heavy atom. The van der Waals surface area contributed by atoms with E-state index in [0.29, 0.717) is 5.56 Å². The van der Waals surface area contributed by atoms with Gasteiger partial charge in [0.15, 0.2) is 17.5 Å². The predicted octanol–water partition coefficient (Wildman–Crippen LogP) is 12.2. The standard InChI is InChI=1S/C45H26N4OS/c1-2-11-27(12-3-1)43-46-44(48-45(47-43)35-17-10-16-32-30-13-5-8-19-38(30)50-41(32)35)28-21-23-29(24-22-28)49-36-18-7-4-15-34(36)40-37(49)26-25-33-31-14-6-9-20-39(31)51-42(33)40/h1-26H/i1D,2D,3D,5D,8D,10D,11D,12D,13D,16D,17D,19D. The minimum atomic E-state index is -0.630. The Morgan fingerprint density at radius 3 is 2.14 bits per heavy atom. The number of benzene rings is 7. The first kappa shape index (κ1) is 18.9. The number of furan rings is 1. The average molecular weight is 683 g/mol. The molecule has 0 fully saturated rings. The second-order valence-corrected chi connectivity index (χ2v) is 13.0. The Kier molecular flexibility index (Phi) is 4.06. The summed E-state index contributed by atoms with van der Waals surface area (Å²) in [6.07, 6.45) is 0. The van der Waals surface area contributed by atoms with E-state index >= 15 is 0 Å². The zero-order chi connectivity index (χ0) is 43.9. The summed E-state index contributed by atoms with van der Waals surface area (Å²) in [6, 6.07) is 21.1. The van der Waals surface area contributed by atoms with Crippen LogP contribution in [0.2, 0.25) is 0 Å². The fraction of sp³-hybridized carbons (Fsp3) is 0. The number of para-hydroxylation sites is 3. The van der Waals surface area contributed by atoms with Gasteiger partial charge in [0, 0.05) is 58.5 Å². The van der Waals surface area contributed by atoms with Gasteiger partial charge in [0.25, 0.3) is 0 Å². The molecule has 0 N–H and O–H groups in total. The van der Waals surface area contributed by atoms with Gasteiger partial charge in [-0.05, 0) is 54.5 Å². The van der Waals surface area contributed by atoms with Gasteiger partial charge in [-0.1, -0.05) is 103 Å². The van der Waals surface area contributed by atoms with Crippen LogP contribution < -0.4 is 0 Å². The summed E-state index contributed by atoms with van der Waals surface area (Å²) in [4.78, 5) is 13.9. The van der Waals surface area contributed by atoms with Crippen molar-refractivity contribution in [1.29, 1.82) is 0 Å². The molecule has 0 aliphatic rings. The van der Waals surface area contributed by atoms with Gasteiger partial charge in [0.05, 0.1) is 33.0 Å². The van der Waals surface area contributed by atoms with Crippen LogP contribution in [0.15, 0.2) is 162 Å². The zero-order valence-corrected chi connectivity index (χ0v) is 27.0. The number of aromatic nitrogens is 4. The highest BCUT2D eigenvalue weighted by Crippen LogP contribution is 2.43. The van der Waals surface area contributed by atoms with Crippen LogP contribution in [0.4, 0.5) is 0 Å². The van der Waals surface area contributed by atoms with Crippen LogP contribution >= 0.6 is 11.3 Å². The normalized spacial score (nSPS) is 15.2. The van der Waals surface area contributed by atoms with Gasteiger partial charge < -0.3 is 8.98 Å². The van der Waals surface area contributed by atoms with E-state index < -0.39 is 72.5 Å². The predicted molar refractivity (Wildman–Crippen MR) is 211 cm³/mol. The lowest BCUT2D eigenvalue weighted by Crippen LogP contribution is -2.00. The van der Waals surface area contributed by atoms with Crippen molar-refractivity contribution in [1.82, 2.24) is 19.5 Å². The van der Waals surface area contributed by atoms with Crippen LogP contribution in [0.3, 0.4) is 0 Å². The molecule has 0 atom stereocenters. The minimum Gasteiger partial charge on any atom is -0.455 e. The highest BCUT2D eigenvalue weighted by molar-refractivity contribution is 7.26. The molecule has 6 heteroatoms. The molecule has 0 amide bonds. The molecule has 4 aromatic heterocycles. The lowest BCUT2D eigenvalue weighted by atomic mass is 10.1. The van der Waals surface area contributed by atoms with E-state index in [9.17, 15) is 0 Å². The number of nitrogens with zero attached hydrogens (tertiary/aromatic N) is 4. The molecular formula is C45H26N4OS. The van der Waals surface area contributed by atoms with Crippen LogP contribution in [0.5, 0.6) is 0 Å². The van der Waals surface area contributed by atoms with E-state index in [-0.39, 0.29) is 50.5 Å². The maximum absolute atomic E-state index is 9.08. The zero-order valence-electron chi connectivity index (χ0n) is 38.2. The summed E-state index contributed by atoms with van der Waals surface area (Å²) >= 11 is 1.75. The summed E-state index contributed by atoms with van der Waals surface area (Å²) in [7, 11) is 0. The second-order valence-electron chi connectivity index (χ2n) is 11.9. The molecule has 0 saturated heterocycles. The fourth-order valence-electron chi connectivity index (χ4n) is 6.85. The molecule has 0 radical (unpaired) electrons. The van der Waals surface area contributed by atoms with Gasteiger partial charge in [-0.3, -0.25) is 0 Å². The van der Waals surface area contributed by atoms with Crippen molar-refractivity contribution >= 4 is 75.3 Å². The Hall–Kier alpha value is -6.63. The van der Waals surface area contributed by atoms with Crippen molar-refractivity contribution in [3.8, 4) is 39.9 Å². The molecule has 11 rings (SSSR count). The third-order valence-electron chi connectivity index (χ3n) is 9.08. The molecule has 0 aliphatic heterocycles. The van der Waals surface area contributed by atoms with E-state index in [1.807, 2.05) is 36.4 Å². The summed E-state index contributed by atoms with van der Waals surface area (Å²) in [6.45, 7) is 0. The molecule has 7 aromatic carbocycles. The molecule has 0 unspecified atom stereocenters. The van der Waals surface area contributed by atoms with Crippen LogP contribution in [0, 0.1) is 0 Å². The number of fused-ring (bicyclic) bond motifs is 10. The molecule has 0 spiro atoms. The van der Waals surface area contributed by atoms with Crippen LogP contribution in [-0.2, 0) is 0 Å². The van der Waals surface area contributed by atoms with E-state index in [4.69, 9.17) is 25.9 Å². The van der Waals surface area contributed by atoms with Crippen LogP contribution in [-0.4, -0.2) is 19.5 Å². The van der Waals surface area contributed by atoms with E-state index in [1.165, 1.54) is 20.2 Å². The van der Waals surface area contributed by atoms with Gasteiger partial charge in [0.1, 0.15) is 11.2 Å². The number of rotatable bonds is 4. The first-order valence-electron chi connectivity index (χ1n) is 22.0. The number of thiophene rings is 1. The Morgan fingerprint density at radius 1 is 0.529 bits per heavy atom. The van der Waals surface area contributed by atoms with Gasteiger partial charge >= 0.3 is 0 Å². The van der Waals surface area contributed by atoms with Crippen LogP contribution in [0.25, 0.3) is 104 Å². The SMILES string of the molecule is [2H]c1c([2H])c([2H])c(-c2nc(-c3ccc(-n4c5ccccc5c5c6sc7ccccc7c6ccc54)cc3)nc(-c3c([2H])c([2H])c([2H])c4c3oc3c([2H])c([2H])c([2H])c([2H])c34)n2)c([2H])c1[2H]. The Labute approximate surface area is 312 Å². The highest BCUT2D eigenvalue weighted by atomic mass is 32.1. The molecular weight excluding hydrogens is 645 g/mol. The molecule has 51 heavy (non-hydrogen) atoms. The average Bonchev–Trinajstić information content (AvgIpc) is 3.98. The molecule has 0 bridgehead atoms. The maximum atomic E-state index is 9.08. The van der Waals surface area contributed by atoms with Gasteiger partial charge in [-0.25, -0.2) is 15.0 Å². The lowest BCUT2D eigenvalue weighted by Gasteiger charge is -2.11. The molecule has 0 saturated carbocycles. The Bertz CT molecular complexity index is 3810. The second kappa shape index (κ2) is 10.9. The summed E-state index contributed by atoms with van der Waals surface area (Å²) in [5.74, 6) is -0.698. The summed E-state index contributed by atoms with van der Waals surface area (Å²) < 4.78 is 114. The third kappa shape index (κ3) is 4.30. The largest absolute Gasteiger partial charge is 0.455 e. The van der Waals surface area contributed by atoms with E-state index in [0.717, 1.165) is 27.5 Å². The van der Waals surface area contributed by atoms with Crippen molar-refractivity contribution < 1.29 is 20.9 Å². The van der Waals surface area contributed by atoms with Gasteiger partial charge in [0.2, 0.25) is 0 Å². The monoisotopic (exact) mass is 682 g/mol. The van der Waals surface area contributed by atoms with Gasteiger partial charge in [-0.2, -0.15) is 0 Å². The minimum absolute atomic E-state index is 0.0306. The first-order chi connectivity index (χ1) is 30.3. The summed E-state index contributed by atoms with van der Waals surface area (Å²) in [5.41, 5.74) is 2.04. The Balaban J connectivity index is 1.16. The molecule has 4 heterocycles. The number of hydrogen-bond acceptors (Lipinski definition) is 5. The van der Waals surface area contributed by atoms with Crippen molar-refractivity contribution in [2.24, 2.45) is 0 Å². The van der Waals surface area contributed by atoms with Crippen molar-refractivity contribution in [2.45, 2.75) is 0 Å². The smallest absolute Gasteiger partial charge is 0.167 e. The third-order valence-corrected chi connectivity index (χ3v) is 10.3. The summed E-state index contributed by atoms with van der Waals surface area (Å²) in [5, 5.41) is 4.26. The van der Waals surface area contributed by atoms with Crippen LogP contribution in [0.1, 0.15) is 16.4 Å². The maximum Gasteiger partial charge on any atom is 0.167 e. The highest BCUT2D eigenvalue weighted by Gasteiger charge is 2.20. The fourth-order valence-corrected chi connectivity index (χ4v) is 8.11. The van der Waals surface area contributed by atoms with E-state index in [2.05, 4.69) is 50.9 Å². The molecule has 0 aliphatic carbocycles. The number of hydrogen-bond donors (Lipinski definition) is 0. The topological polar surface area (TPSA) is 56.7 Å². The first-order valence-corrected chi connectivity index (χ1v) is 16.8. The van der Waals surface area contributed by atoms with E-state index in [1.54, 1.807) is 23.5 Å². The van der Waals surface area contributed by atoms with Gasteiger partial charge in [-0.15, -0.1) is 11.3 Å². The molecule has 5 nitrogen and oxygen atoms in total. The van der Waals surface area contributed by atoms with Crippen molar-refractivity contribution in [3.05, 3.63) is 157 Å². The van der Waals surface area contributed by atoms with Crippen molar-refractivity contribution in [2.75, 3.05) is 0 Å². The molecule has 11 aromatic rings. The lowest BCUT2D eigenvalue weighted by molar-refractivity contribution is 0.669. The molecule has 238 valence electrons. The quantitative estimate of drug-likeness (QED) is 0.185.